The minimum Gasteiger partial charge on any atom is -0.356 e. The van der Waals surface area contributed by atoms with Gasteiger partial charge in [-0.05, 0) is 62.5 Å². The number of aryl methyl sites for hydroxylation is 1. The quantitative estimate of drug-likeness (QED) is 0.849. The molecule has 1 saturated carbocycles. The van der Waals surface area contributed by atoms with E-state index in [0.717, 1.165) is 57.4 Å². The minimum atomic E-state index is 0.112. The van der Waals surface area contributed by atoms with Gasteiger partial charge >= 0.3 is 0 Å². The monoisotopic (exact) mass is 396 g/mol. The fourth-order valence-electron chi connectivity index (χ4n) is 5.89. The van der Waals surface area contributed by atoms with Gasteiger partial charge in [0.15, 0.2) is 0 Å². The molecular formula is C23H32N4O2. The number of nitrogens with one attached hydrogen (secondary N) is 1. The van der Waals surface area contributed by atoms with E-state index >= 15 is 0 Å². The largest absolute Gasteiger partial charge is 0.356 e. The van der Waals surface area contributed by atoms with Gasteiger partial charge in [-0.25, -0.2) is 4.98 Å². The molecule has 2 bridgehead atoms. The first-order valence-electron chi connectivity index (χ1n) is 11.4. The first kappa shape index (κ1) is 18.9. The Labute approximate surface area is 173 Å². The standard InChI is InChI=1S/C23H32N4O2/c1-15-8-9-21(24-11-15)26-13-17-10-18(14-26)20(12-25-23(29)16-4-2-5-16)27-19(17)6-3-7-22(27)28/h8-9,11,16-20H,2-7,10,12-14H2,1H3,(H,25,29)/t17-,18+,19+,20+/m1/s1. The van der Waals surface area contributed by atoms with Gasteiger partial charge in [0.25, 0.3) is 0 Å². The molecule has 1 aromatic heterocycles. The van der Waals surface area contributed by atoms with Crippen molar-refractivity contribution in [2.75, 3.05) is 24.5 Å². The Morgan fingerprint density at radius 1 is 1.17 bits per heavy atom. The molecule has 0 spiro atoms. The lowest BCUT2D eigenvalue weighted by Crippen LogP contribution is -2.67. The number of rotatable bonds is 4. The van der Waals surface area contributed by atoms with E-state index in [1.807, 2.05) is 6.20 Å². The molecule has 1 aliphatic carbocycles. The Morgan fingerprint density at radius 3 is 2.72 bits per heavy atom. The zero-order valence-electron chi connectivity index (χ0n) is 17.3. The van der Waals surface area contributed by atoms with Crippen molar-refractivity contribution >= 4 is 17.6 Å². The van der Waals surface area contributed by atoms with E-state index in [1.54, 1.807) is 0 Å². The molecule has 6 nitrogen and oxygen atoms in total. The summed E-state index contributed by atoms with van der Waals surface area (Å²) in [5.74, 6) is 2.60. The molecule has 2 amide bonds. The topological polar surface area (TPSA) is 65.5 Å². The molecule has 3 saturated heterocycles. The number of carbonyl (C=O) groups is 2. The van der Waals surface area contributed by atoms with Gasteiger partial charge in [0.05, 0.1) is 6.04 Å². The molecule has 6 heteroatoms. The third-order valence-electron chi connectivity index (χ3n) is 7.68. The number of hydrogen-bond acceptors (Lipinski definition) is 4. The Bertz CT molecular complexity index is 776. The van der Waals surface area contributed by atoms with E-state index in [-0.39, 0.29) is 17.9 Å². The molecule has 0 radical (unpaired) electrons. The van der Waals surface area contributed by atoms with Crippen LogP contribution >= 0.6 is 0 Å². The molecule has 1 N–H and O–H groups in total. The second kappa shape index (κ2) is 7.62. The highest BCUT2D eigenvalue weighted by molar-refractivity contribution is 5.80. The average molecular weight is 397 g/mol. The maximum Gasteiger partial charge on any atom is 0.223 e. The van der Waals surface area contributed by atoms with E-state index in [9.17, 15) is 9.59 Å². The molecule has 3 aliphatic heterocycles. The van der Waals surface area contributed by atoms with Crippen LogP contribution in [0.2, 0.25) is 0 Å². The summed E-state index contributed by atoms with van der Waals surface area (Å²) in [7, 11) is 0. The van der Waals surface area contributed by atoms with E-state index in [4.69, 9.17) is 0 Å². The first-order chi connectivity index (χ1) is 14.1. The number of piperidine rings is 3. The fraction of sp³-hybridized carbons (Fsp3) is 0.696. The normalized spacial score (nSPS) is 31.8. The number of carbonyl (C=O) groups excluding carboxylic acids is 2. The van der Waals surface area contributed by atoms with Crippen LogP contribution in [0.25, 0.3) is 0 Å². The molecule has 156 valence electrons. The van der Waals surface area contributed by atoms with Gasteiger partial charge in [-0.15, -0.1) is 0 Å². The molecule has 4 heterocycles. The third-order valence-corrected chi connectivity index (χ3v) is 7.68. The van der Waals surface area contributed by atoms with Gasteiger partial charge in [0, 0.05) is 44.2 Å². The predicted molar refractivity (Wildman–Crippen MR) is 111 cm³/mol. The van der Waals surface area contributed by atoms with E-state index < -0.39 is 0 Å². The number of hydrogen-bond donors (Lipinski definition) is 1. The summed E-state index contributed by atoms with van der Waals surface area (Å²) in [5.41, 5.74) is 1.17. The van der Waals surface area contributed by atoms with Gasteiger partial charge in [-0.2, -0.15) is 0 Å². The number of amides is 2. The van der Waals surface area contributed by atoms with Crippen LogP contribution in [0.3, 0.4) is 0 Å². The van der Waals surface area contributed by atoms with Crippen LogP contribution in [0.4, 0.5) is 5.82 Å². The number of aromatic nitrogens is 1. The van der Waals surface area contributed by atoms with Crippen molar-refractivity contribution in [2.45, 2.75) is 64.0 Å². The second-order valence-electron chi connectivity index (χ2n) is 9.56. The summed E-state index contributed by atoms with van der Waals surface area (Å²) in [6, 6.07) is 4.67. The zero-order chi connectivity index (χ0) is 20.0. The van der Waals surface area contributed by atoms with Crippen molar-refractivity contribution < 1.29 is 9.59 Å². The van der Waals surface area contributed by atoms with Crippen LogP contribution < -0.4 is 10.2 Å². The van der Waals surface area contributed by atoms with Crippen LogP contribution in [0.15, 0.2) is 18.3 Å². The average Bonchev–Trinajstić information content (AvgIpc) is 2.67. The molecule has 0 aromatic carbocycles. The number of fused-ring (bicyclic) bond motifs is 4. The fourth-order valence-corrected chi connectivity index (χ4v) is 5.89. The molecule has 5 rings (SSSR count). The van der Waals surface area contributed by atoms with Crippen molar-refractivity contribution in [2.24, 2.45) is 17.8 Å². The third kappa shape index (κ3) is 3.51. The van der Waals surface area contributed by atoms with Crippen LogP contribution in [-0.2, 0) is 9.59 Å². The van der Waals surface area contributed by atoms with Gasteiger partial charge in [0.2, 0.25) is 11.8 Å². The van der Waals surface area contributed by atoms with Crippen molar-refractivity contribution in [1.29, 1.82) is 0 Å². The summed E-state index contributed by atoms with van der Waals surface area (Å²) in [6.07, 6.45) is 9.02. The maximum atomic E-state index is 12.9. The number of nitrogens with zero attached hydrogens (tertiary/aromatic N) is 3. The Kier molecular flexibility index (Phi) is 4.96. The molecule has 29 heavy (non-hydrogen) atoms. The number of pyridine rings is 1. The van der Waals surface area contributed by atoms with Crippen molar-refractivity contribution in [3.63, 3.8) is 0 Å². The van der Waals surface area contributed by atoms with Gasteiger partial charge in [-0.3, -0.25) is 9.59 Å². The molecule has 4 fully saturated rings. The second-order valence-corrected chi connectivity index (χ2v) is 9.56. The summed E-state index contributed by atoms with van der Waals surface area (Å²) in [5, 5.41) is 3.21. The van der Waals surface area contributed by atoms with Crippen molar-refractivity contribution in [3.05, 3.63) is 23.9 Å². The molecular weight excluding hydrogens is 364 g/mol. The SMILES string of the molecule is Cc1ccc(N2C[C@H]3C[C@@H](C2)[C@H](CNC(=O)C2CCC2)N2C(=O)CCC[C@@H]32)nc1. The molecule has 1 aromatic rings. The van der Waals surface area contributed by atoms with E-state index in [2.05, 4.69) is 39.2 Å². The van der Waals surface area contributed by atoms with Crippen molar-refractivity contribution in [1.82, 2.24) is 15.2 Å². The summed E-state index contributed by atoms with van der Waals surface area (Å²) in [4.78, 5) is 34.6. The Hall–Kier alpha value is -2.11. The van der Waals surface area contributed by atoms with E-state index in [1.165, 1.54) is 5.56 Å². The maximum absolute atomic E-state index is 12.9. The van der Waals surface area contributed by atoms with Crippen molar-refractivity contribution in [3.8, 4) is 0 Å². The van der Waals surface area contributed by atoms with Gasteiger partial charge < -0.3 is 15.1 Å². The highest BCUT2D eigenvalue weighted by Gasteiger charge is 2.49. The lowest BCUT2D eigenvalue weighted by molar-refractivity contribution is -0.149. The molecule has 0 unspecified atom stereocenters. The Morgan fingerprint density at radius 2 is 2.00 bits per heavy atom. The van der Waals surface area contributed by atoms with Gasteiger partial charge in [0.1, 0.15) is 5.82 Å². The highest BCUT2D eigenvalue weighted by Crippen LogP contribution is 2.42. The molecule has 4 atom stereocenters. The summed E-state index contributed by atoms with van der Waals surface area (Å²) in [6.45, 7) is 4.55. The Balaban J connectivity index is 1.36. The van der Waals surface area contributed by atoms with Crippen LogP contribution in [0.1, 0.15) is 50.5 Å². The van der Waals surface area contributed by atoms with Gasteiger partial charge in [-0.1, -0.05) is 12.5 Å². The highest BCUT2D eigenvalue weighted by atomic mass is 16.2. The van der Waals surface area contributed by atoms with E-state index in [0.29, 0.717) is 36.8 Å². The minimum absolute atomic E-state index is 0.112. The molecule has 4 aliphatic rings. The number of anilines is 1. The zero-order valence-corrected chi connectivity index (χ0v) is 17.3. The summed E-state index contributed by atoms with van der Waals surface area (Å²) >= 11 is 0. The summed E-state index contributed by atoms with van der Waals surface area (Å²) < 4.78 is 0. The van der Waals surface area contributed by atoms with Crippen LogP contribution in [0, 0.1) is 24.7 Å². The van der Waals surface area contributed by atoms with Crippen LogP contribution in [-0.4, -0.2) is 53.4 Å². The predicted octanol–water partition coefficient (Wildman–Crippen LogP) is 2.51. The smallest absolute Gasteiger partial charge is 0.223 e. The lowest BCUT2D eigenvalue weighted by atomic mass is 9.72. The first-order valence-corrected chi connectivity index (χ1v) is 11.4. The van der Waals surface area contributed by atoms with Crippen LogP contribution in [0.5, 0.6) is 0 Å². The lowest BCUT2D eigenvalue weighted by Gasteiger charge is -2.56.